The minimum atomic E-state index is -1.17. The number of nitrogens with one attached hydrogen (secondary N) is 2. The smallest absolute Gasteiger partial charge is 0.325 e. The second-order valence-electron chi connectivity index (χ2n) is 7.56. The lowest BCUT2D eigenvalue weighted by Crippen LogP contribution is -2.45. The van der Waals surface area contributed by atoms with Crippen molar-refractivity contribution >= 4 is 28.6 Å². The average molecular weight is 365 g/mol. The summed E-state index contributed by atoms with van der Waals surface area (Å²) in [4.78, 5) is 38.7. The lowest BCUT2D eigenvalue weighted by atomic mass is 9.90. The van der Waals surface area contributed by atoms with Crippen molar-refractivity contribution < 1.29 is 14.4 Å². The van der Waals surface area contributed by atoms with Crippen molar-refractivity contribution in [2.45, 2.75) is 44.2 Å². The van der Waals surface area contributed by atoms with Gasteiger partial charge in [-0.1, -0.05) is 49.2 Å². The second-order valence-corrected chi connectivity index (χ2v) is 7.56. The van der Waals surface area contributed by atoms with Crippen molar-refractivity contribution in [1.29, 1.82) is 0 Å². The van der Waals surface area contributed by atoms with E-state index in [1.54, 1.807) is 6.92 Å². The first kappa shape index (κ1) is 17.5. The zero-order valence-electron chi connectivity index (χ0n) is 15.3. The van der Waals surface area contributed by atoms with Crippen LogP contribution in [0, 0.1) is 0 Å². The van der Waals surface area contributed by atoms with Gasteiger partial charge in [0.15, 0.2) is 0 Å². The van der Waals surface area contributed by atoms with Crippen molar-refractivity contribution in [3.8, 4) is 0 Å². The Morgan fingerprint density at radius 2 is 1.85 bits per heavy atom. The van der Waals surface area contributed by atoms with Gasteiger partial charge in [-0.15, -0.1) is 0 Å². The van der Waals surface area contributed by atoms with Crippen LogP contribution in [0.15, 0.2) is 42.5 Å². The van der Waals surface area contributed by atoms with Gasteiger partial charge in [0.2, 0.25) is 5.91 Å². The number of nitrogens with zero attached hydrogens (tertiary/aromatic N) is 1. The van der Waals surface area contributed by atoms with Crippen molar-refractivity contribution in [2.75, 3.05) is 6.54 Å². The Morgan fingerprint density at radius 1 is 1.15 bits per heavy atom. The maximum absolute atomic E-state index is 13.0. The van der Waals surface area contributed by atoms with E-state index in [-0.39, 0.29) is 18.5 Å². The van der Waals surface area contributed by atoms with Gasteiger partial charge < -0.3 is 10.6 Å². The van der Waals surface area contributed by atoms with E-state index in [4.69, 9.17) is 0 Å². The molecule has 6 nitrogen and oxygen atoms in total. The highest BCUT2D eigenvalue weighted by Crippen LogP contribution is 2.31. The number of benzene rings is 2. The topological polar surface area (TPSA) is 78.5 Å². The van der Waals surface area contributed by atoms with Crippen molar-refractivity contribution in [3.05, 3.63) is 48.0 Å². The maximum Gasteiger partial charge on any atom is 0.325 e. The highest BCUT2D eigenvalue weighted by atomic mass is 16.2. The SMILES string of the molecule is C[C@]1(c2ccc3ccccc3c2)NC(=O)N(CC(=O)NC2CCCC2)C1=O. The first-order valence-electron chi connectivity index (χ1n) is 9.40. The molecule has 1 aliphatic carbocycles. The van der Waals surface area contributed by atoms with Gasteiger partial charge in [-0.05, 0) is 42.2 Å². The second kappa shape index (κ2) is 6.68. The molecule has 4 rings (SSSR count). The number of urea groups is 1. The largest absolute Gasteiger partial charge is 0.352 e. The van der Waals surface area contributed by atoms with Crippen LogP contribution >= 0.6 is 0 Å². The van der Waals surface area contributed by atoms with Crippen LogP contribution in [0.4, 0.5) is 4.79 Å². The molecule has 2 N–H and O–H groups in total. The summed E-state index contributed by atoms with van der Waals surface area (Å²) in [5.74, 6) is -0.683. The molecule has 2 aromatic rings. The van der Waals surface area contributed by atoms with E-state index in [1.807, 2.05) is 42.5 Å². The molecule has 27 heavy (non-hydrogen) atoms. The fourth-order valence-electron chi connectivity index (χ4n) is 4.02. The monoisotopic (exact) mass is 365 g/mol. The molecule has 6 heteroatoms. The molecule has 4 amide bonds. The normalized spacial score (nSPS) is 23.1. The van der Waals surface area contributed by atoms with Crippen molar-refractivity contribution in [3.63, 3.8) is 0 Å². The van der Waals surface area contributed by atoms with Crippen LogP contribution < -0.4 is 10.6 Å². The molecule has 0 spiro atoms. The quantitative estimate of drug-likeness (QED) is 0.818. The van der Waals surface area contributed by atoms with E-state index >= 15 is 0 Å². The van der Waals surface area contributed by atoms with Crippen LogP contribution in [0.1, 0.15) is 38.2 Å². The molecule has 1 aliphatic heterocycles. The number of carbonyl (C=O) groups excluding carboxylic acids is 3. The number of carbonyl (C=O) groups is 3. The van der Waals surface area contributed by atoms with Crippen LogP contribution in [0.2, 0.25) is 0 Å². The van der Waals surface area contributed by atoms with E-state index < -0.39 is 17.5 Å². The third-order valence-electron chi connectivity index (χ3n) is 5.62. The first-order valence-corrected chi connectivity index (χ1v) is 9.40. The van der Waals surface area contributed by atoms with Crippen molar-refractivity contribution in [1.82, 2.24) is 15.5 Å². The number of amides is 4. The molecular formula is C21H23N3O3. The Labute approximate surface area is 157 Å². The summed E-state index contributed by atoms with van der Waals surface area (Å²) in [5, 5.41) is 7.75. The van der Waals surface area contributed by atoms with Gasteiger partial charge in [0, 0.05) is 6.04 Å². The minimum absolute atomic E-state index is 0.158. The first-order chi connectivity index (χ1) is 13.0. The lowest BCUT2D eigenvalue weighted by Gasteiger charge is -2.23. The summed E-state index contributed by atoms with van der Waals surface area (Å²) in [7, 11) is 0. The predicted octanol–water partition coefficient (Wildman–Crippen LogP) is 2.67. The van der Waals surface area contributed by atoms with Gasteiger partial charge in [-0.25, -0.2) is 4.79 Å². The maximum atomic E-state index is 13.0. The summed E-state index contributed by atoms with van der Waals surface area (Å²) in [6.45, 7) is 1.44. The molecule has 1 atom stereocenters. The predicted molar refractivity (Wildman–Crippen MR) is 102 cm³/mol. The summed E-state index contributed by atoms with van der Waals surface area (Å²) in [5.41, 5.74) is -0.465. The third-order valence-corrected chi connectivity index (χ3v) is 5.62. The standard InChI is InChI=1S/C21H23N3O3/c1-21(16-11-10-14-6-2-3-7-15(14)12-16)19(26)24(20(27)23-21)13-18(25)22-17-8-4-5-9-17/h2-3,6-7,10-12,17H,4-5,8-9,13H2,1H3,(H,22,25)(H,23,27)/t21-/m1/s1. The number of hydrogen-bond donors (Lipinski definition) is 2. The molecule has 1 saturated carbocycles. The molecule has 0 radical (unpaired) electrons. The number of hydrogen-bond acceptors (Lipinski definition) is 3. The Morgan fingerprint density at radius 3 is 2.59 bits per heavy atom. The molecule has 2 fully saturated rings. The molecule has 0 bridgehead atoms. The zero-order chi connectivity index (χ0) is 19.0. The average Bonchev–Trinajstić information content (AvgIpc) is 3.24. The lowest BCUT2D eigenvalue weighted by molar-refractivity contribution is -0.135. The summed E-state index contributed by atoms with van der Waals surface area (Å²) in [6.07, 6.45) is 4.13. The van der Waals surface area contributed by atoms with Crippen LogP contribution in [0.25, 0.3) is 10.8 Å². The van der Waals surface area contributed by atoms with Crippen molar-refractivity contribution in [2.24, 2.45) is 0 Å². The van der Waals surface area contributed by atoms with Crippen LogP contribution in [-0.4, -0.2) is 35.3 Å². The zero-order valence-corrected chi connectivity index (χ0v) is 15.3. The summed E-state index contributed by atoms with van der Waals surface area (Å²) < 4.78 is 0. The Bertz CT molecular complexity index is 920. The van der Waals surface area contributed by atoms with E-state index in [1.165, 1.54) is 0 Å². The number of fused-ring (bicyclic) bond motifs is 1. The summed E-state index contributed by atoms with van der Waals surface area (Å²) >= 11 is 0. The highest BCUT2D eigenvalue weighted by molar-refractivity contribution is 6.09. The molecule has 2 aliphatic rings. The molecule has 1 saturated heterocycles. The van der Waals surface area contributed by atoms with Gasteiger partial charge in [0.05, 0.1) is 0 Å². The van der Waals surface area contributed by atoms with E-state index in [9.17, 15) is 14.4 Å². The molecular weight excluding hydrogens is 342 g/mol. The van der Waals surface area contributed by atoms with Gasteiger partial charge in [-0.2, -0.15) is 0 Å². The molecule has 0 unspecified atom stereocenters. The molecule has 140 valence electrons. The van der Waals surface area contributed by atoms with Gasteiger partial charge in [-0.3, -0.25) is 14.5 Å². The van der Waals surface area contributed by atoms with Crippen LogP contribution in [-0.2, 0) is 15.1 Å². The van der Waals surface area contributed by atoms with Crippen LogP contribution in [0.5, 0.6) is 0 Å². The molecule has 1 heterocycles. The highest BCUT2D eigenvalue weighted by Gasteiger charge is 2.49. The third kappa shape index (κ3) is 3.16. The molecule has 0 aromatic heterocycles. The Balaban J connectivity index is 1.54. The van der Waals surface area contributed by atoms with E-state index in [0.29, 0.717) is 5.56 Å². The number of rotatable bonds is 4. The van der Waals surface area contributed by atoms with Gasteiger partial charge >= 0.3 is 6.03 Å². The Kier molecular flexibility index (Phi) is 4.34. The van der Waals surface area contributed by atoms with Crippen LogP contribution in [0.3, 0.4) is 0 Å². The van der Waals surface area contributed by atoms with E-state index in [2.05, 4.69) is 10.6 Å². The minimum Gasteiger partial charge on any atom is -0.352 e. The fraction of sp³-hybridized carbons (Fsp3) is 0.381. The fourth-order valence-corrected chi connectivity index (χ4v) is 4.02. The Hall–Kier alpha value is -2.89. The van der Waals surface area contributed by atoms with E-state index in [0.717, 1.165) is 41.4 Å². The van der Waals surface area contributed by atoms with Gasteiger partial charge in [0.25, 0.3) is 5.91 Å². The van der Waals surface area contributed by atoms with Gasteiger partial charge in [0.1, 0.15) is 12.1 Å². The number of imide groups is 1. The molecule has 2 aromatic carbocycles. The summed E-state index contributed by atoms with van der Waals surface area (Å²) in [6, 6.07) is 13.2.